The van der Waals surface area contributed by atoms with Gasteiger partial charge in [-0.2, -0.15) is 12.8 Å². The first-order valence-electron chi connectivity index (χ1n) is 7.53. The van der Waals surface area contributed by atoms with E-state index in [9.17, 15) is 13.2 Å². The number of allylic oxidation sites excluding steroid dienone is 2. The fraction of sp³-hybridized carbons (Fsp3) is 0.333. The van der Waals surface area contributed by atoms with Gasteiger partial charge in [-0.25, -0.2) is 0 Å². The molecule has 1 unspecified atom stereocenters. The highest BCUT2D eigenvalue weighted by molar-refractivity contribution is 7.90. The molecule has 0 fully saturated rings. The molecule has 1 aromatic rings. The average molecular weight is 347 g/mol. The van der Waals surface area contributed by atoms with Crippen LogP contribution in [-0.4, -0.2) is 25.7 Å². The zero-order valence-corrected chi connectivity index (χ0v) is 15.3. The second kappa shape index (κ2) is 6.36. The van der Waals surface area contributed by atoms with E-state index in [0.29, 0.717) is 5.57 Å². The Balaban J connectivity index is 2.57. The van der Waals surface area contributed by atoms with Gasteiger partial charge in [-0.05, 0) is 51.5 Å². The minimum absolute atomic E-state index is 0.102. The van der Waals surface area contributed by atoms with Crippen molar-refractivity contribution in [2.75, 3.05) is 0 Å². The molecule has 0 bridgehead atoms. The molecule has 1 aromatic carbocycles. The fourth-order valence-electron chi connectivity index (χ4n) is 2.77. The Morgan fingerprint density at radius 1 is 1.12 bits per heavy atom. The van der Waals surface area contributed by atoms with Gasteiger partial charge in [-0.1, -0.05) is 29.3 Å². The summed E-state index contributed by atoms with van der Waals surface area (Å²) in [7, 11) is -3.91. The molecule has 6 heteroatoms. The number of aryl methyl sites for hydroxylation is 1. The number of carbonyl (C=O) groups excluding carboxylic acids is 1. The van der Waals surface area contributed by atoms with E-state index in [1.165, 1.54) is 19.1 Å². The molecule has 0 saturated heterocycles. The molecule has 1 aliphatic rings. The van der Waals surface area contributed by atoms with Crippen LogP contribution in [0.25, 0.3) is 0 Å². The van der Waals surface area contributed by atoms with Crippen LogP contribution in [0.4, 0.5) is 0 Å². The number of hydrogen-bond acceptors (Lipinski definition) is 4. The van der Waals surface area contributed by atoms with E-state index >= 15 is 0 Å². The highest BCUT2D eigenvalue weighted by atomic mass is 32.2. The molecule has 5 nitrogen and oxygen atoms in total. The van der Waals surface area contributed by atoms with Crippen molar-refractivity contribution in [3.8, 4) is 0 Å². The van der Waals surface area contributed by atoms with Gasteiger partial charge in [0.1, 0.15) is 5.71 Å². The molecule has 1 aliphatic carbocycles. The Labute approximate surface area is 142 Å². The third-order valence-electron chi connectivity index (χ3n) is 3.68. The van der Waals surface area contributed by atoms with Gasteiger partial charge in [0.2, 0.25) is 0 Å². The van der Waals surface area contributed by atoms with E-state index in [2.05, 4.69) is 4.40 Å². The highest BCUT2D eigenvalue weighted by Gasteiger charge is 2.37. The van der Waals surface area contributed by atoms with Crippen LogP contribution in [0.1, 0.15) is 33.3 Å². The van der Waals surface area contributed by atoms with Crippen LogP contribution in [-0.2, 0) is 19.6 Å². The van der Waals surface area contributed by atoms with Gasteiger partial charge in [0.15, 0.2) is 5.60 Å². The van der Waals surface area contributed by atoms with Crippen molar-refractivity contribution in [2.45, 2.75) is 45.1 Å². The maximum Gasteiger partial charge on any atom is 0.303 e. The molecule has 1 atom stereocenters. The number of benzene rings is 1. The van der Waals surface area contributed by atoms with Crippen molar-refractivity contribution >= 4 is 21.7 Å². The number of hydrogen-bond donors (Lipinski definition) is 0. The molecule has 24 heavy (non-hydrogen) atoms. The lowest BCUT2D eigenvalue weighted by molar-refractivity contribution is -0.146. The Morgan fingerprint density at radius 2 is 1.71 bits per heavy atom. The second-order valence-electron chi connectivity index (χ2n) is 6.14. The lowest BCUT2D eigenvalue weighted by Gasteiger charge is -2.31. The lowest BCUT2D eigenvalue weighted by Crippen LogP contribution is -2.41. The predicted molar refractivity (Wildman–Crippen MR) is 93.5 cm³/mol. The van der Waals surface area contributed by atoms with Crippen molar-refractivity contribution in [3.63, 3.8) is 0 Å². The van der Waals surface area contributed by atoms with Crippen LogP contribution in [0, 0.1) is 6.92 Å². The summed E-state index contributed by atoms with van der Waals surface area (Å²) in [5.74, 6) is -0.503. The van der Waals surface area contributed by atoms with Gasteiger partial charge in [0.25, 0.3) is 10.0 Å². The molecule has 0 radical (unpaired) electrons. The third kappa shape index (κ3) is 3.82. The number of esters is 1. The minimum atomic E-state index is -3.91. The Hall–Kier alpha value is -2.21. The highest BCUT2D eigenvalue weighted by Crippen LogP contribution is 2.29. The average Bonchev–Trinajstić information content (AvgIpc) is 2.42. The molecule has 0 saturated carbocycles. The van der Waals surface area contributed by atoms with Crippen LogP contribution in [0.15, 0.2) is 56.9 Å². The van der Waals surface area contributed by atoms with E-state index in [1.807, 2.05) is 19.9 Å². The molecule has 0 heterocycles. The number of rotatable bonds is 3. The predicted octanol–water partition coefficient (Wildman–Crippen LogP) is 3.35. The van der Waals surface area contributed by atoms with Gasteiger partial charge in [-0.15, -0.1) is 0 Å². The number of sulfonamides is 1. The summed E-state index contributed by atoms with van der Waals surface area (Å²) in [4.78, 5) is 11.6. The van der Waals surface area contributed by atoms with Gasteiger partial charge in [-0.3, -0.25) is 4.79 Å². The molecular weight excluding hydrogens is 326 g/mol. The van der Waals surface area contributed by atoms with Gasteiger partial charge in [0, 0.05) is 6.92 Å². The van der Waals surface area contributed by atoms with E-state index in [4.69, 9.17) is 4.74 Å². The maximum atomic E-state index is 12.6. The monoisotopic (exact) mass is 347 g/mol. The molecular formula is C18H21NO4S. The van der Waals surface area contributed by atoms with Crippen LogP contribution >= 0.6 is 0 Å². The second-order valence-corrected chi connectivity index (χ2v) is 7.75. The number of nitrogens with zero attached hydrogens (tertiary/aromatic N) is 1. The smallest absolute Gasteiger partial charge is 0.303 e. The van der Waals surface area contributed by atoms with Crippen LogP contribution in [0.5, 0.6) is 0 Å². The number of ether oxygens (including phenoxy) is 1. The minimum Gasteiger partial charge on any atom is -0.449 e. The molecule has 0 spiro atoms. The molecule has 0 amide bonds. The Bertz CT molecular complexity index is 861. The number of carbonyl (C=O) groups is 1. The van der Waals surface area contributed by atoms with Crippen LogP contribution < -0.4 is 0 Å². The van der Waals surface area contributed by atoms with Crippen molar-refractivity contribution in [1.82, 2.24) is 0 Å². The van der Waals surface area contributed by atoms with Gasteiger partial charge in [0.05, 0.1) is 4.90 Å². The Morgan fingerprint density at radius 3 is 2.25 bits per heavy atom. The summed E-state index contributed by atoms with van der Waals surface area (Å²) in [5, 5.41) is 0. The van der Waals surface area contributed by atoms with Crippen molar-refractivity contribution in [2.24, 2.45) is 4.40 Å². The largest absolute Gasteiger partial charge is 0.449 e. The van der Waals surface area contributed by atoms with Gasteiger partial charge < -0.3 is 4.74 Å². The maximum absolute atomic E-state index is 12.6. The molecule has 0 aromatic heterocycles. The normalized spacial score (nSPS) is 22.8. The Kier molecular flexibility index (Phi) is 4.80. The first kappa shape index (κ1) is 18.1. The van der Waals surface area contributed by atoms with Crippen LogP contribution in [0.2, 0.25) is 0 Å². The molecule has 0 N–H and O–H groups in total. The summed E-state index contributed by atoms with van der Waals surface area (Å²) in [6.45, 7) is 8.41. The summed E-state index contributed by atoms with van der Waals surface area (Å²) in [6, 6.07) is 6.46. The standard InChI is InChI=1S/C18H21NO4S/c1-12-6-8-16(9-7-12)24(21,22)19-17-14(3)10-13(2)11-18(17,5)23-15(4)20/h6-11H,1-5H3/b19-17+. The summed E-state index contributed by atoms with van der Waals surface area (Å²) < 4.78 is 34.6. The zero-order chi connectivity index (χ0) is 18.1. The zero-order valence-electron chi connectivity index (χ0n) is 14.5. The van der Waals surface area contributed by atoms with E-state index in [-0.39, 0.29) is 10.6 Å². The van der Waals surface area contributed by atoms with Gasteiger partial charge >= 0.3 is 5.97 Å². The fourth-order valence-corrected chi connectivity index (χ4v) is 3.92. The topological polar surface area (TPSA) is 72.8 Å². The lowest BCUT2D eigenvalue weighted by atomic mass is 9.86. The van der Waals surface area contributed by atoms with Crippen molar-refractivity contribution < 1.29 is 17.9 Å². The summed E-state index contributed by atoms with van der Waals surface area (Å²) >= 11 is 0. The van der Waals surface area contributed by atoms with Crippen molar-refractivity contribution in [3.05, 3.63) is 53.1 Å². The SMILES string of the molecule is CC(=O)OC1(C)C=C(C)C=C(C)/C1=N\S(=O)(=O)c1ccc(C)cc1. The molecule has 2 rings (SSSR count). The van der Waals surface area contributed by atoms with E-state index in [1.54, 1.807) is 32.1 Å². The first-order chi connectivity index (χ1) is 11.0. The van der Waals surface area contributed by atoms with Crippen molar-refractivity contribution in [1.29, 1.82) is 0 Å². The third-order valence-corrected chi connectivity index (χ3v) is 4.97. The quantitative estimate of drug-likeness (QED) is 0.786. The summed E-state index contributed by atoms with van der Waals surface area (Å²) in [6.07, 6.45) is 3.51. The molecule has 0 aliphatic heterocycles. The van der Waals surface area contributed by atoms with E-state index in [0.717, 1.165) is 11.1 Å². The summed E-state index contributed by atoms with van der Waals surface area (Å²) in [5.41, 5.74) is 1.48. The van der Waals surface area contributed by atoms with E-state index < -0.39 is 21.6 Å². The first-order valence-corrected chi connectivity index (χ1v) is 8.97. The van der Waals surface area contributed by atoms with Crippen LogP contribution in [0.3, 0.4) is 0 Å². The molecule has 128 valence electrons.